The monoisotopic (exact) mass is 352 g/mol. The minimum absolute atomic E-state index is 0.236. The summed E-state index contributed by atoms with van der Waals surface area (Å²) in [5.41, 5.74) is 0. The Balaban J connectivity index is 0. The Bertz CT molecular complexity index is 420. The van der Waals surface area contributed by atoms with Crippen LogP contribution in [-0.2, 0) is 23.7 Å². The predicted octanol–water partition coefficient (Wildman–Crippen LogP) is 2.54. The summed E-state index contributed by atoms with van der Waals surface area (Å²) in [6.45, 7) is 8.69. The molecular weight excluding hydrogens is 329 g/mol. The molecule has 0 unspecified atom stereocenters. The molecule has 5 nitrogen and oxygen atoms in total. The van der Waals surface area contributed by atoms with Gasteiger partial charge in [-0.25, -0.2) is 0 Å². The second kappa shape index (κ2) is 15.0. The lowest BCUT2D eigenvalue weighted by atomic mass is 10.4. The van der Waals surface area contributed by atoms with Crippen LogP contribution in [0.2, 0.25) is 0 Å². The first kappa shape index (κ1) is 24.7. The van der Waals surface area contributed by atoms with E-state index in [4.69, 9.17) is 25.4 Å². The number of rotatable bonds is 8. The molecule has 0 saturated carbocycles. The topological polar surface area (TPSA) is 54.0 Å². The first-order valence-electron chi connectivity index (χ1n) is 7.31. The minimum Gasteiger partial charge on any atom is -0.342 e. The zero-order valence-corrected chi connectivity index (χ0v) is 14.2. The Kier molecular flexibility index (Phi) is 15.4. The maximum atomic E-state index is 11.7. The summed E-state index contributed by atoms with van der Waals surface area (Å²) in [6, 6.07) is 0. The lowest BCUT2D eigenvalue weighted by Crippen LogP contribution is -2.22. The summed E-state index contributed by atoms with van der Waals surface area (Å²) < 4.78 is 54.8. The quantitative estimate of drug-likeness (QED) is 0.382. The van der Waals surface area contributed by atoms with Gasteiger partial charge < -0.3 is 18.9 Å². The number of hydrogen-bond donors (Lipinski definition) is 0. The third kappa shape index (κ3) is 14.0. The maximum Gasteiger partial charge on any atom is 0.462 e. The van der Waals surface area contributed by atoms with E-state index in [0.717, 1.165) is 0 Å². The van der Waals surface area contributed by atoms with Crippen molar-refractivity contribution in [1.82, 2.24) is 0 Å². The largest absolute Gasteiger partial charge is 0.462 e. The fourth-order valence-electron chi connectivity index (χ4n) is 1.08. The van der Waals surface area contributed by atoms with Crippen LogP contribution < -0.4 is 0 Å². The van der Waals surface area contributed by atoms with Crippen LogP contribution in [0.1, 0.15) is 27.7 Å². The molecule has 0 amide bonds. The van der Waals surface area contributed by atoms with Crippen molar-refractivity contribution in [2.24, 2.45) is 0 Å². The van der Waals surface area contributed by atoms with Crippen molar-refractivity contribution < 1.29 is 36.9 Å². The van der Waals surface area contributed by atoms with Gasteiger partial charge in [0.05, 0.1) is 0 Å². The average Bonchev–Trinajstić information content (AvgIpc) is 2.52. The van der Waals surface area contributed by atoms with E-state index in [9.17, 15) is 18.0 Å². The van der Waals surface area contributed by atoms with Crippen LogP contribution in [0.4, 0.5) is 13.2 Å². The summed E-state index contributed by atoms with van der Waals surface area (Å²) in [6.07, 6.45) is -1.44. The van der Waals surface area contributed by atoms with E-state index in [1.54, 1.807) is 13.8 Å². The van der Waals surface area contributed by atoms with Crippen LogP contribution in [-0.4, -0.2) is 51.0 Å². The van der Waals surface area contributed by atoms with E-state index < -0.39 is 24.5 Å². The Morgan fingerprint density at radius 1 is 0.917 bits per heavy atom. The summed E-state index contributed by atoms with van der Waals surface area (Å²) in [5, 5.41) is 0. The first-order valence-corrected chi connectivity index (χ1v) is 7.31. The molecule has 0 spiro atoms. The predicted molar refractivity (Wildman–Crippen MR) is 81.8 cm³/mol. The molecular formula is C16H23F3O5. The van der Waals surface area contributed by atoms with Crippen molar-refractivity contribution in [3.05, 3.63) is 0 Å². The molecule has 0 aliphatic rings. The number of carbonyl (C=O) groups is 1. The summed E-state index contributed by atoms with van der Waals surface area (Å²) in [5.74, 6) is 3.65. The molecule has 0 atom stereocenters. The Morgan fingerprint density at radius 3 is 1.58 bits per heavy atom. The number of carbonyl (C=O) groups excluding carboxylic acids is 1. The average molecular weight is 352 g/mol. The van der Waals surface area contributed by atoms with Gasteiger partial charge in [0.1, 0.15) is 0 Å². The van der Waals surface area contributed by atoms with Crippen molar-refractivity contribution in [3.8, 4) is 24.2 Å². The molecule has 0 N–H and O–H groups in total. The lowest BCUT2D eigenvalue weighted by molar-refractivity contribution is -0.164. The standard InChI is InChI=1S/C9H11F3O3.C7H12O2/c1-3-14-8(15-4-2)6-5-7(13)9(10,11)12;1-4-7(8-5-2)9-6-3/h8H,3-4H2,1-2H3;1,7H,5-6H2,2-3H3. The molecule has 0 saturated heterocycles. The summed E-state index contributed by atoms with van der Waals surface area (Å²) >= 11 is 0. The zero-order chi connectivity index (χ0) is 19.0. The number of Topliss-reactive ketones (excluding diaryl/α,β-unsaturated/α-hetero) is 1. The molecule has 0 rings (SSSR count). The second-order valence-electron chi connectivity index (χ2n) is 3.75. The van der Waals surface area contributed by atoms with E-state index in [-0.39, 0.29) is 13.2 Å². The molecule has 0 aliphatic carbocycles. The van der Waals surface area contributed by atoms with E-state index in [0.29, 0.717) is 13.2 Å². The molecule has 0 aliphatic heterocycles. The van der Waals surface area contributed by atoms with Gasteiger partial charge in [-0.3, -0.25) is 4.79 Å². The van der Waals surface area contributed by atoms with Crippen LogP contribution in [0.3, 0.4) is 0 Å². The van der Waals surface area contributed by atoms with Crippen molar-refractivity contribution >= 4 is 5.78 Å². The number of halogens is 3. The van der Waals surface area contributed by atoms with Crippen LogP contribution in [0.25, 0.3) is 0 Å². The summed E-state index contributed by atoms with van der Waals surface area (Å²) in [4.78, 5) is 10.4. The van der Waals surface area contributed by atoms with E-state index in [2.05, 4.69) is 5.92 Å². The van der Waals surface area contributed by atoms with Crippen molar-refractivity contribution in [2.45, 2.75) is 46.5 Å². The number of hydrogen-bond acceptors (Lipinski definition) is 5. The molecule has 0 radical (unpaired) electrons. The highest BCUT2D eigenvalue weighted by Gasteiger charge is 2.37. The Labute approximate surface area is 140 Å². The van der Waals surface area contributed by atoms with Gasteiger partial charge in [-0.15, -0.1) is 6.42 Å². The Hall–Kier alpha value is -1.58. The maximum absolute atomic E-state index is 11.7. The number of terminal acetylenes is 1. The number of alkyl halides is 3. The van der Waals surface area contributed by atoms with Gasteiger partial charge in [0.15, 0.2) is 0 Å². The van der Waals surface area contributed by atoms with Crippen LogP contribution in [0.15, 0.2) is 0 Å². The number of ether oxygens (including phenoxy) is 4. The zero-order valence-electron chi connectivity index (χ0n) is 14.2. The van der Waals surface area contributed by atoms with Gasteiger partial charge >= 0.3 is 12.0 Å². The van der Waals surface area contributed by atoms with Gasteiger partial charge in [-0.05, 0) is 45.5 Å². The molecule has 0 bridgehead atoms. The molecule has 8 heteroatoms. The van der Waals surface area contributed by atoms with Gasteiger partial charge in [-0.1, -0.05) is 0 Å². The molecule has 0 aromatic heterocycles. The van der Waals surface area contributed by atoms with E-state index >= 15 is 0 Å². The fourth-order valence-corrected chi connectivity index (χ4v) is 1.08. The first-order chi connectivity index (χ1) is 11.3. The fraction of sp³-hybridized carbons (Fsp3) is 0.688. The van der Waals surface area contributed by atoms with Gasteiger partial charge in [0, 0.05) is 26.4 Å². The molecule has 0 aromatic carbocycles. The number of ketones is 1. The summed E-state index contributed by atoms with van der Waals surface area (Å²) in [7, 11) is 0. The molecule has 0 fully saturated rings. The van der Waals surface area contributed by atoms with Crippen molar-refractivity contribution in [2.75, 3.05) is 26.4 Å². The van der Waals surface area contributed by atoms with Gasteiger partial charge in [0.25, 0.3) is 0 Å². The van der Waals surface area contributed by atoms with Gasteiger partial charge in [-0.2, -0.15) is 13.2 Å². The van der Waals surface area contributed by atoms with Crippen molar-refractivity contribution in [1.29, 1.82) is 0 Å². The third-order valence-corrected chi connectivity index (χ3v) is 1.97. The van der Waals surface area contributed by atoms with Crippen LogP contribution in [0, 0.1) is 24.2 Å². The molecule has 24 heavy (non-hydrogen) atoms. The normalized spacial score (nSPS) is 10.5. The minimum atomic E-state index is -4.93. The highest BCUT2D eigenvalue weighted by Crippen LogP contribution is 2.14. The van der Waals surface area contributed by atoms with Gasteiger partial charge in [0.2, 0.25) is 12.6 Å². The SMILES string of the molecule is C#CC(OCC)OCC.CCOC(C#CC(=O)C(F)(F)F)OCC. The smallest absolute Gasteiger partial charge is 0.342 e. The third-order valence-electron chi connectivity index (χ3n) is 1.97. The highest BCUT2D eigenvalue weighted by atomic mass is 19.4. The molecule has 0 aromatic rings. The van der Waals surface area contributed by atoms with E-state index in [1.165, 1.54) is 5.92 Å². The van der Waals surface area contributed by atoms with E-state index in [1.807, 2.05) is 19.8 Å². The van der Waals surface area contributed by atoms with Crippen LogP contribution in [0.5, 0.6) is 0 Å². The molecule has 0 heterocycles. The second-order valence-corrected chi connectivity index (χ2v) is 3.75. The van der Waals surface area contributed by atoms with Crippen molar-refractivity contribution in [3.63, 3.8) is 0 Å². The molecule has 138 valence electrons. The highest BCUT2D eigenvalue weighted by molar-refractivity contribution is 5.99. The Morgan fingerprint density at radius 2 is 1.29 bits per heavy atom. The lowest BCUT2D eigenvalue weighted by Gasteiger charge is -2.09. The van der Waals surface area contributed by atoms with Crippen LogP contribution >= 0.6 is 0 Å².